The van der Waals surface area contributed by atoms with Crippen LogP contribution < -0.4 is 16.0 Å². The molecule has 2 aromatic rings. The number of hydrogen-bond donors (Lipinski definition) is 2. The highest BCUT2D eigenvalue weighted by Crippen LogP contribution is 2.21. The molecule has 0 unspecified atom stereocenters. The first kappa shape index (κ1) is 15.8. The van der Waals surface area contributed by atoms with Gasteiger partial charge in [0.05, 0.1) is 17.5 Å². The Morgan fingerprint density at radius 1 is 1.27 bits per heavy atom. The molecule has 22 heavy (non-hydrogen) atoms. The molecular formula is C16H19N3O3. The van der Waals surface area contributed by atoms with E-state index in [1.807, 2.05) is 6.92 Å². The average molecular weight is 301 g/mol. The van der Waals surface area contributed by atoms with E-state index >= 15 is 0 Å². The minimum atomic E-state index is -0.322. The molecule has 2 amide bonds. The standard InChI is InChI=1S/C16H19N3O3/c1-11(10-17)18-15(20)12-6-3-4-7-13(12)19(2)16(21)14-8-5-9-22-14/h3-9,11H,10,17H2,1-2H3,(H,18,20)/t11-/m0/s1. The Morgan fingerprint density at radius 3 is 2.64 bits per heavy atom. The van der Waals surface area contributed by atoms with Gasteiger partial charge in [0.2, 0.25) is 0 Å². The number of carbonyl (C=O) groups is 2. The molecule has 0 spiro atoms. The molecule has 0 aliphatic rings. The highest BCUT2D eigenvalue weighted by atomic mass is 16.3. The number of amides is 2. The van der Waals surface area contributed by atoms with Crippen LogP contribution in [0.1, 0.15) is 27.8 Å². The van der Waals surface area contributed by atoms with Gasteiger partial charge in [0, 0.05) is 19.6 Å². The van der Waals surface area contributed by atoms with E-state index in [2.05, 4.69) is 5.32 Å². The Balaban J connectivity index is 2.28. The number of benzene rings is 1. The number of furan rings is 1. The van der Waals surface area contributed by atoms with Gasteiger partial charge in [0.25, 0.3) is 11.8 Å². The molecule has 2 rings (SSSR count). The molecule has 0 radical (unpaired) electrons. The zero-order valence-corrected chi connectivity index (χ0v) is 12.6. The van der Waals surface area contributed by atoms with E-state index < -0.39 is 0 Å². The lowest BCUT2D eigenvalue weighted by Crippen LogP contribution is -2.38. The van der Waals surface area contributed by atoms with E-state index in [1.54, 1.807) is 43.4 Å². The van der Waals surface area contributed by atoms with Gasteiger partial charge in [-0.05, 0) is 31.2 Å². The second-order valence-corrected chi connectivity index (χ2v) is 4.97. The molecule has 6 nitrogen and oxygen atoms in total. The number of nitrogens with one attached hydrogen (secondary N) is 1. The average Bonchev–Trinajstić information content (AvgIpc) is 3.07. The van der Waals surface area contributed by atoms with Gasteiger partial charge >= 0.3 is 0 Å². The van der Waals surface area contributed by atoms with Gasteiger partial charge in [0.15, 0.2) is 5.76 Å². The SMILES string of the molecule is C[C@@H](CN)NC(=O)c1ccccc1N(C)C(=O)c1ccco1. The molecule has 1 atom stereocenters. The van der Waals surface area contributed by atoms with Crippen LogP contribution in [0.25, 0.3) is 0 Å². The van der Waals surface area contributed by atoms with Crippen molar-refractivity contribution in [3.05, 3.63) is 54.0 Å². The smallest absolute Gasteiger partial charge is 0.293 e. The Morgan fingerprint density at radius 2 is 2.00 bits per heavy atom. The third-order valence-corrected chi connectivity index (χ3v) is 3.28. The summed E-state index contributed by atoms with van der Waals surface area (Å²) in [6.07, 6.45) is 1.43. The number of rotatable bonds is 5. The molecular weight excluding hydrogens is 282 g/mol. The number of para-hydroxylation sites is 1. The molecule has 0 fully saturated rings. The number of anilines is 1. The monoisotopic (exact) mass is 301 g/mol. The van der Waals surface area contributed by atoms with Crippen LogP contribution in [-0.2, 0) is 0 Å². The van der Waals surface area contributed by atoms with E-state index in [1.165, 1.54) is 11.2 Å². The highest BCUT2D eigenvalue weighted by Gasteiger charge is 2.21. The zero-order valence-electron chi connectivity index (χ0n) is 12.6. The summed E-state index contributed by atoms with van der Waals surface area (Å²) in [5, 5.41) is 2.79. The van der Waals surface area contributed by atoms with Crippen molar-refractivity contribution in [2.45, 2.75) is 13.0 Å². The molecule has 0 aliphatic carbocycles. The van der Waals surface area contributed by atoms with Crippen LogP contribution in [0.15, 0.2) is 47.1 Å². The van der Waals surface area contributed by atoms with Gasteiger partial charge in [-0.25, -0.2) is 0 Å². The fourth-order valence-electron chi connectivity index (χ4n) is 1.99. The first-order chi connectivity index (χ1) is 10.5. The van der Waals surface area contributed by atoms with Gasteiger partial charge in [-0.15, -0.1) is 0 Å². The van der Waals surface area contributed by atoms with Gasteiger partial charge in [-0.3, -0.25) is 9.59 Å². The van der Waals surface area contributed by atoms with Gasteiger partial charge in [-0.1, -0.05) is 12.1 Å². The van der Waals surface area contributed by atoms with E-state index in [0.29, 0.717) is 17.8 Å². The van der Waals surface area contributed by atoms with Crippen LogP contribution in [0.4, 0.5) is 5.69 Å². The van der Waals surface area contributed by atoms with Crippen LogP contribution in [0.3, 0.4) is 0 Å². The number of carbonyl (C=O) groups excluding carboxylic acids is 2. The molecule has 1 aromatic heterocycles. The third kappa shape index (κ3) is 3.35. The predicted molar refractivity (Wildman–Crippen MR) is 83.9 cm³/mol. The Hall–Kier alpha value is -2.60. The largest absolute Gasteiger partial charge is 0.459 e. The van der Waals surface area contributed by atoms with Crippen LogP contribution in [0.2, 0.25) is 0 Å². The lowest BCUT2D eigenvalue weighted by Gasteiger charge is -2.20. The van der Waals surface area contributed by atoms with Gasteiger partial charge in [0.1, 0.15) is 0 Å². The maximum absolute atomic E-state index is 12.3. The van der Waals surface area contributed by atoms with Crippen molar-refractivity contribution >= 4 is 17.5 Å². The zero-order chi connectivity index (χ0) is 16.1. The topological polar surface area (TPSA) is 88.6 Å². The van der Waals surface area contributed by atoms with Crippen molar-refractivity contribution in [1.82, 2.24) is 5.32 Å². The summed E-state index contributed by atoms with van der Waals surface area (Å²) >= 11 is 0. The van der Waals surface area contributed by atoms with Crippen molar-refractivity contribution in [1.29, 1.82) is 0 Å². The normalized spacial score (nSPS) is 11.8. The first-order valence-corrected chi connectivity index (χ1v) is 6.96. The van der Waals surface area contributed by atoms with Crippen molar-refractivity contribution < 1.29 is 14.0 Å². The summed E-state index contributed by atoms with van der Waals surface area (Å²) in [7, 11) is 1.60. The number of nitrogens with two attached hydrogens (primary N) is 1. The molecule has 1 heterocycles. The van der Waals surface area contributed by atoms with Crippen molar-refractivity contribution in [2.75, 3.05) is 18.5 Å². The molecule has 6 heteroatoms. The molecule has 0 saturated carbocycles. The molecule has 1 aromatic carbocycles. The van der Waals surface area contributed by atoms with Crippen LogP contribution in [0.5, 0.6) is 0 Å². The molecule has 3 N–H and O–H groups in total. The minimum absolute atomic E-state index is 0.147. The Bertz CT molecular complexity index is 652. The van der Waals surface area contributed by atoms with Gasteiger partial charge < -0.3 is 20.4 Å². The molecule has 0 saturated heterocycles. The summed E-state index contributed by atoms with van der Waals surface area (Å²) in [6, 6.07) is 9.97. The molecule has 116 valence electrons. The molecule has 0 bridgehead atoms. The van der Waals surface area contributed by atoms with Crippen LogP contribution in [-0.4, -0.2) is 31.4 Å². The Kier molecular flexibility index (Phi) is 4.95. The van der Waals surface area contributed by atoms with Gasteiger partial charge in [-0.2, -0.15) is 0 Å². The van der Waals surface area contributed by atoms with Crippen molar-refractivity contribution in [2.24, 2.45) is 5.73 Å². The summed E-state index contributed by atoms with van der Waals surface area (Å²) in [4.78, 5) is 26.0. The van der Waals surface area contributed by atoms with E-state index in [4.69, 9.17) is 10.2 Å². The fraction of sp³-hybridized carbons (Fsp3) is 0.250. The van der Waals surface area contributed by atoms with E-state index in [-0.39, 0.29) is 23.6 Å². The highest BCUT2D eigenvalue weighted by molar-refractivity contribution is 6.09. The summed E-state index contributed by atoms with van der Waals surface area (Å²) < 4.78 is 5.11. The number of nitrogens with zero attached hydrogens (tertiary/aromatic N) is 1. The second kappa shape index (κ2) is 6.91. The maximum atomic E-state index is 12.3. The predicted octanol–water partition coefficient (Wildman–Crippen LogP) is 1.63. The summed E-state index contributed by atoms with van der Waals surface area (Å²) in [5.41, 5.74) is 6.43. The Labute approximate surface area is 128 Å². The van der Waals surface area contributed by atoms with Crippen LogP contribution in [0, 0.1) is 0 Å². The van der Waals surface area contributed by atoms with Crippen molar-refractivity contribution in [3.63, 3.8) is 0 Å². The van der Waals surface area contributed by atoms with E-state index in [0.717, 1.165) is 0 Å². The first-order valence-electron chi connectivity index (χ1n) is 6.96. The minimum Gasteiger partial charge on any atom is -0.459 e. The van der Waals surface area contributed by atoms with Crippen molar-refractivity contribution in [3.8, 4) is 0 Å². The third-order valence-electron chi connectivity index (χ3n) is 3.28. The quantitative estimate of drug-likeness (QED) is 0.878. The second-order valence-electron chi connectivity index (χ2n) is 4.97. The fourth-order valence-corrected chi connectivity index (χ4v) is 1.99. The lowest BCUT2D eigenvalue weighted by molar-refractivity contribution is 0.0941. The summed E-state index contributed by atoms with van der Waals surface area (Å²) in [6.45, 7) is 2.16. The van der Waals surface area contributed by atoms with Crippen LogP contribution >= 0.6 is 0 Å². The molecule has 0 aliphatic heterocycles. The maximum Gasteiger partial charge on any atom is 0.293 e. The van der Waals surface area contributed by atoms with E-state index in [9.17, 15) is 9.59 Å². The lowest BCUT2D eigenvalue weighted by atomic mass is 10.1. The summed E-state index contributed by atoms with van der Waals surface area (Å²) in [5.74, 6) is -0.377. The number of hydrogen-bond acceptors (Lipinski definition) is 4.